The first kappa shape index (κ1) is 19.5. The highest BCUT2D eigenvalue weighted by molar-refractivity contribution is 6.00. The monoisotopic (exact) mass is 378 g/mol. The average molecular weight is 378 g/mol. The lowest BCUT2D eigenvalue weighted by atomic mass is 10.0. The third-order valence-electron chi connectivity index (χ3n) is 4.52. The van der Waals surface area contributed by atoms with Gasteiger partial charge in [-0.05, 0) is 30.7 Å². The van der Waals surface area contributed by atoms with Crippen LogP contribution in [-0.4, -0.2) is 36.5 Å². The van der Waals surface area contributed by atoms with Crippen molar-refractivity contribution in [2.24, 2.45) is 0 Å². The van der Waals surface area contributed by atoms with Crippen LogP contribution in [0.15, 0.2) is 59.5 Å². The van der Waals surface area contributed by atoms with E-state index in [2.05, 4.69) is 5.32 Å². The highest BCUT2D eigenvalue weighted by Gasteiger charge is 2.16. The van der Waals surface area contributed by atoms with Gasteiger partial charge in [-0.1, -0.05) is 30.3 Å². The van der Waals surface area contributed by atoms with E-state index in [-0.39, 0.29) is 11.3 Å². The van der Waals surface area contributed by atoms with Gasteiger partial charge in [-0.15, -0.1) is 0 Å². The van der Waals surface area contributed by atoms with Gasteiger partial charge in [0.2, 0.25) is 5.43 Å². The maximum absolute atomic E-state index is 13.0. The fourth-order valence-electron chi connectivity index (χ4n) is 3.05. The molecule has 0 aliphatic heterocycles. The van der Waals surface area contributed by atoms with E-state index in [9.17, 15) is 14.4 Å². The van der Waals surface area contributed by atoms with E-state index in [0.29, 0.717) is 36.2 Å². The van der Waals surface area contributed by atoms with Gasteiger partial charge in [-0.3, -0.25) is 14.4 Å². The van der Waals surface area contributed by atoms with Crippen LogP contribution in [0, 0.1) is 0 Å². The summed E-state index contributed by atoms with van der Waals surface area (Å²) in [6, 6.07) is 14.8. The smallest absolute Gasteiger partial charge is 0.256 e. The Labute approximate surface area is 162 Å². The molecule has 0 spiro atoms. The van der Waals surface area contributed by atoms with Crippen LogP contribution in [-0.2, 0) is 11.3 Å². The number of nitrogens with one attached hydrogen (secondary N) is 1. The maximum atomic E-state index is 13.0. The topological polar surface area (TPSA) is 77.4 Å². The third kappa shape index (κ3) is 4.18. The molecular formula is C22H22N2O4. The molecule has 1 amide bonds. The van der Waals surface area contributed by atoms with Crippen molar-refractivity contribution in [3.05, 3.63) is 81.6 Å². The molecular weight excluding hydrogens is 356 g/mol. The summed E-state index contributed by atoms with van der Waals surface area (Å²) >= 11 is 0. The molecule has 2 aromatic carbocycles. The maximum Gasteiger partial charge on any atom is 0.256 e. The summed E-state index contributed by atoms with van der Waals surface area (Å²) in [5.41, 5.74) is 1.80. The predicted octanol–water partition coefficient (Wildman–Crippen LogP) is 2.63. The number of ether oxygens (including phenoxy) is 1. The number of amides is 1. The molecule has 1 N–H and O–H groups in total. The molecule has 0 saturated carbocycles. The van der Waals surface area contributed by atoms with E-state index >= 15 is 0 Å². The quantitative estimate of drug-likeness (QED) is 0.506. The normalized spacial score (nSPS) is 10.8. The number of methoxy groups -OCH3 is 1. The van der Waals surface area contributed by atoms with Crippen LogP contribution < -0.4 is 10.7 Å². The van der Waals surface area contributed by atoms with Gasteiger partial charge in [0.05, 0.1) is 12.1 Å². The predicted molar refractivity (Wildman–Crippen MR) is 108 cm³/mol. The van der Waals surface area contributed by atoms with Crippen LogP contribution in [0.4, 0.5) is 0 Å². The minimum Gasteiger partial charge on any atom is -0.383 e. The van der Waals surface area contributed by atoms with Crippen molar-refractivity contribution in [1.82, 2.24) is 9.88 Å². The second-order valence-corrected chi connectivity index (χ2v) is 6.52. The number of Topliss-reactive ketones (excluding diaryl/α,β-unsaturated/α-hetero) is 1. The van der Waals surface area contributed by atoms with Gasteiger partial charge in [0.1, 0.15) is 5.56 Å². The van der Waals surface area contributed by atoms with Crippen LogP contribution in [0.25, 0.3) is 10.9 Å². The fourth-order valence-corrected chi connectivity index (χ4v) is 3.05. The molecule has 1 heterocycles. The first-order valence-corrected chi connectivity index (χ1v) is 9.00. The summed E-state index contributed by atoms with van der Waals surface area (Å²) in [7, 11) is 1.54. The van der Waals surface area contributed by atoms with E-state index in [1.54, 1.807) is 24.4 Å². The van der Waals surface area contributed by atoms with E-state index in [0.717, 1.165) is 5.56 Å². The SMILES string of the molecule is COCCNC(=O)c1cn(Cc2ccccc2)c2ccc(C(C)=O)cc2c1=O. The molecule has 0 unspecified atom stereocenters. The number of ketones is 1. The Balaban J connectivity index is 2.14. The summed E-state index contributed by atoms with van der Waals surface area (Å²) in [6.07, 6.45) is 1.58. The van der Waals surface area contributed by atoms with Gasteiger partial charge < -0.3 is 14.6 Å². The molecule has 0 radical (unpaired) electrons. The molecule has 0 fully saturated rings. The lowest BCUT2D eigenvalue weighted by molar-refractivity contribution is 0.0935. The molecule has 144 valence electrons. The van der Waals surface area contributed by atoms with Crippen LogP contribution in [0.2, 0.25) is 0 Å². The third-order valence-corrected chi connectivity index (χ3v) is 4.52. The molecule has 0 atom stereocenters. The van der Waals surface area contributed by atoms with Gasteiger partial charge in [0.15, 0.2) is 5.78 Å². The van der Waals surface area contributed by atoms with Gasteiger partial charge in [-0.25, -0.2) is 0 Å². The molecule has 0 aliphatic rings. The van der Waals surface area contributed by atoms with Crippen molar-refractivity contribution < 1.29 is 14.3 Å². The highest BCUT2D eigenvalue weighted by atomic mass is 16.5. The lowest BCUT2D eigenvalue weighted by Crippen LogP contribution is -2.32. The van der Waals surface area contributed by atoms with Gasteiger partial charge in [0.25, 0.3) is 5.91 Å². The summed E-state index contributed by atoms with van der Waals surface area (Å²) in [5, 5.41) is 3.04. The number of fused-ring (bicyclic) bond motifs is 1. The van der Waals surface area contributed by atoms with Crippen LogP contribution >= 0.6 is 0 Å². The molecule has 3 aromatic rings. The molecule has 0 aliphatic carbocycles. The second kappa shape index (κ2) is 8.63. The highest BCUT2D eigenvalue weighted by Crippen LogP contribution is 2.17. The Bertz CT molecular complexity index is 1070. The first-order valence-electron chi connectivity index (χ1n) is 9.00. The van der Waals surface area contributed by atoms with Gasteiger partial charge in [0, 0.05) is 37.3 Å². The van der Waals surface area contributed by atoms with E-state index in [1.807, 2.05) is 34.9 Å². The molecule has 6 heteroatoms. The van der Waals surface area contributed by atoms with Crippen LogP contribution in [0.3, 0.4) is 0 Å². The van der Waals surface area contributed by atoms with Gasteiger partial charge in [-0.2, -0.15) is 0 Å². The molecule has 1 aromatic heterocycles. The van der Waals surface area contributed by atoms with Crippen LogP contribution in [0.5, 0.6) is 0 Å². The van der Waals surface area contributed by atoms with Crippen molar-refractivity contribution in [3.63, 3.8) is 0 Å². The minimum absolute atomic E-state index is 0.0419. The first-order chi connectivity index (χ1) is 13.5. The number of carbonyl (C=O) groups is 2. The molecule has 0 saturated heterocycles. The summed E-state index contributed by atoms with van der Waals surface area (Å²) in [4.78, 5) is 37.3. The van der Waals surface area contributed by atoms with Crippen molar-refractivity contribution >= 4 is 22.6 Å². The summed E-state index contributed by atoms with van der Waals surface area (Å²) in [5.74, 6) is -0.593. The van der Waals surface area contributed by atoms with Crippen molar-refractivity contribution in [2.45, 2.75) is 13.5 Å². The van der Waals surface area contributed by atoms with E-state index in [4.69, 9.17) is 4.74 Å². The Kier molecular flexibility index (Phi) is 6.01. The average Bonchev–Trinajstić information content (AvgIpc) is 2.70. The minimum atomic E-state index is -0.459. The molecule has 3 rings (SSSR count). The fraction of sp³-hybridized carbons (Fsp3) is 0.227. The largest absolute Gasteiger partial charge is 0.383 e. The molecule has 28 heavy (non-hydrogen) atoms. The zero-order valence-electron chi connectivity index (χ0n) is 15.9. The van der Waals surface area contributed by atoms with E-state index < -0.39 is 11.3 Å². The molecule has 0 bridgehead atoms. The summed E-state index contributed by atoms with van der Waals surface area (Å²) in [6.45, 7) is 2.60. The zero-order chi connectivity index (χ0) is 20.1. The summed E-state index contributed by atoms with van der Waals surface area (Å²) < 4.78 is 6.80. The Morgan fingerprint density at radius 3 is 2.54 bits per heavy atom. The second-order valence-electron chi connectivity index (χ2n) is 6.52. The number of hydrogen-bond donors (Lipinski definition) is 1. The number of benzene rings is 2. The standard InChI is InChI=1S/C22H22N2O4/c1-15(25)17-8-9-20-18(12-17)21(26)19(22(27)23-10-11-28-2)14-24(20)13-16-6-4-3-5-7-16/h3-9,12,14H,10-11,13H2,1-2H3,(H,23,27). The Morgan fingerprint density at radius 2 is 1.86 bits per heavy atom. The van der Waals surface area contributed by atoms with Crippen molar-refractivity contribution in [1.29, 1.82) is 0 Å². The van der Waals surface area contributed by atoms with Crippen LogP contribution in [0.1, 0.15) is 33.2 Å². The number of carbonyl (C=O) groups excluding carboxylic acids is 2. The number of nitrogens with zero attached hydrogens (tertiary/aromatic N) is 1. The number of rotatable bonds is 7. The van der Waals surface area contributed by atoms with Crippen molar-refractivity contribution in [3.8, 4) is 0 Å². The number of aromatic nitrogens is 1. The van der Waals surface area contributed by atoms with E-state index in [1.165, 1.54) is 14.0 Å². The molecule has 6 nitrogen and oxygen atoms in total. The van der Waals surface area contributed by atoms with Crippen molar-refractivity contribution in [2.75, 3.05) is 20.3 Å². The Hall–Kier alpha value is -3.25. The zero-order valence-corrected chi connectivity index (χ0v) is 15.9. The number of hydrogen-bond acceptors (Lipinski definition) is 4. The lowest BCUT2D eigenvalue weighted by Gasteiger charge is -2.14. The van der Waals surface area contributed by atoms with Gasteiger partial charge >= 0.3 is 0 Å². The Morgan fingerprint density at radius 1 is 1.11 bits per heavy atom. The number of pyridine rings is 1.